The van der Waals surface area contributed by atoms with Gasteiger partial charge in [0.15, 0.2) is 0 Å². The molecule has 1 heterocycles. The summed E-state index contributed by atoms with van der Waals surface area (Å²) < 4.78 is 88.2. The fraction of sp³-hybridized carbons (Fsp3) is 0.182. The largest absolute Gasteiger partial charge is 0.481 e. The number of fused-ring (bicyclic) bond motifs is 1. The molecule has 228 valence electrons. The average Bonchev–Trinajstić information content (AvgIpc) is 3.47. The van der Waals surface area contributed by atoms with E-state index in [1.807, 2.05) is 6.07 Å². The van der Waals surface area contributed by atoms with Gasteiger partial charge in [0.25, 0.3) is 0 Å². The highest BCUT2D eigenvalue weighted by Crippen LogP contribution is 2.34. The SMILES string of the molecule is CC(C)(C(=O)O)c1cccc(-c2ccc(CN(Cc3ccc(C(F)(F)F)o3)S(=O)(=O)c3cccc4c(F)cccc34)cc2)c1. The first kappa shape index (κ1) is 31.0. The number of sulfonamides is 1. The van der Waals surface area contributed by atoms with Crippen molar-refractivity contribution in [1.29, 1.82) is 0 Å². The quantitative estimate of drug-likeness (QED) is 0.168. The first-order valence-corrected chi connectivity index (χ1v) is 14.9. The summed E-state index contributed by atoms with van der Waals surface area (Å²) in [6.07, 6.45) is -4.75. The lowest BCUT2D eigenvalue weighted by molar-refractivity contribution is -0.153. The predicted octanol–water partition coefficient (Wildman–Crippen LogP) is 8.01. The van der Waals surface area contributed by atoms with Gasteiger partial charge in [-0.05, 0) is 60.4 Å². The van der Waals surface area contributed by atoms with Crippen LogP contribution in [-0.2, 0) is 39.5 Å². The van der Waals surface area contributed by atoms with Gasteiger partial charge < -0.3 is 9.52 Å². The van der Waals surface area contributed by atoms with E-state index in [4.69, 9.17) is 4.42 Å². The van der Waals surface area contributed by atoms with Crippen LogP contribution in [0.4, 0.5) is 17.6 Å². The van der Waals surface area contributed by atoms with E-state index in [0.29, 0.717) is 11.1 Å². The number of rotatable bonds is 9. The summed E-state index contributed by atoms with van der Waals surface area (Å²) in [6, 6.07) is 24.0. The fourth-order valence-corrected chi connectivity index (χ4v) is 6.44. The molecule has 0 spiro atoms. The van der Waals surface area contributed by atoms with Gasteiger partial charge in [-0.1, -0.05) is 72.8 Å². The van der Waals surface area contributed by atoms with Crippen molar-refractivity contribution in [2.45, 2.75) is 43.4 Å². The molecule has 0 saturated heterocycles. The molecule has 0 atom stereocenters. The van der Waals surface area contributed by atoms with Crippen molar-refractivity contribution in [3.8, 4) is 11.1 Å². The van der Waals surface area contributed by atoms with Crippen LogP contribution in [0.2, 0.25) is 0 Å². The van der Waals surface area contributed by atoms with Crippen LogP contribution in [0, 0.1) is 5.82 Å². The molecule has 0 bridgehead atoms. The topological polar surface area (TPSA) is 87.8 Å². The fourth-order valence-electron chi connectivity index (χ4n) is 4.84. The number of furan rings is 1. The molecule has 0 radical (unpaired) electrons. The van der Waals surface area contributed by atoms with E-state index in [2.05, 4.69) is 0 Å². The second-order valence-corrected chi connectivity index (χ2v) is 12.7. The van der Waals surface area contributed by atoms with Crippen molar-refractivity contribution >= 4 is 26.8 Å². The van der Waals surface area contributed by atoms with Gasteiger partial charge in [0.05, 0.1) is 16.9 Å². The molecule has 1 aromatic heterocycles. The van der Waals surface area contributed by atoms with Crippen molar-refractivity contribution in [1.82, 2.24) is 4.31 Å². The summed E-state index contributed by atoms with van der Waals surface area (Å²) in [5.74, 6) is -3.06. The highest BCUT2D eigenvalue weighted by atomic mass is 32.2. The van der Waals surface area contributed by atoms with Gasteiger partial charge in [-0.3, -0.25) is 4.79 Å². The first-order valence-electron chi connectivity index (χ1n) is 13.4. The maximum atomic E-state index is 14.5. The maximum Gasteiger partial charge on any atom is 0.449 e. The Kier molecular flexibility index (Phi) is 8.13. The third kappa shape index (κ3) is 6.11. The predicted molar refractivity (Wildman–Crippen MR) is 157 cm³/mol. The van der Waals surface area contributed by atoms with Crippen molar-refractivity contribution in [3.63, 3.8) is 0 Å². The maximum absolute atomic E-state index is 14.5. The van der Waals surface area contributed by atoms with E-state index >= 15 is 0 Å². The van der Waals surface area contributed by atoms with Crippen molar-refractivity contribution in [2.75, 3.05) is 0 Å². The zero-order chi connectivity index (χ0) is 31.9. The van der Waals surface area contributed by atoms with Crippen molar-refractivity contribution in [2.24, 2.45) is 0 Å². The van der Waals surface area contributed by atoms with E-state index < -0.39 is 45.7 Å². The summed E-state index contributed by atoms with van der Waals surface area (Å²) in [6.45, 7) is 2.46. The van der Waals surface area contributed by atoms with Gasteiger partial charge in [0, 0.05) is 17.3 Å². The number of aliphatic carboxylic acids is 1. The number of hydrogen-bond acceptors (Lipinski definition) is 4. The lowest BCUT2D eigenvalue weighted by Gasteiger charge is -2.23. The summed E-state index contributed by atoms with van der Waals surface area (Å²) >= 11 is 0. The number of hydrogen-bond donors (Lipinski definition) is 1. The number of carboxylic acids is 1. The van der Waals surface area contributed by atoms with Crippen LogP contribution >= 0.6 is 0 Å². The zero-order valence-electron chi connectivity index (χ0n) is 23.6. The molecule has 0 aliphatic carbocycles. The molecule has 0 aliphatic heterocycles. The molecule has 5 rings (SSSR count). The Hall–Kier alpha value is -4.48. The van der Waals surface area contributed by atoms with Crippen LogP contribution in [0.3, 0.4) is 0 Å². The molecule has 4 aromatic carbocycles. The van der Waals surface area contributed by atoms with E-state index in [9.17, 15) is 35.9 Å². The molecule has 0 saturated carbocycles. The average molecular weight is 626 g/mol. The van der Waals surface area contributed by atoms with Crippen molar-refractivity contribution < 1.29 is 40.3 Å². The minimum atomic E-state index is -4.75. The van der Waals surface area contributed by atoms with Crippen LogP contribution in [0.15, 0.2) is 106 Å². The molecule has 44 heavy (non-hydrogen) atoms. The Morgan fingerprint density at radius 2 is 1.48 bits per heavy atom. The second kappa shape index (κ2) is 11.5. The van der Waals surface area contributed by atoms with E-state index in [-0.39, 0.29) is 28.0 Å². The highest BCUT2D eigenvalue weighted by molar-refractivity contribution is 7.89. The summed E-state index contributed by atoms with van der Waals surface area (Å²) in [7, 11) is -4.39. The molecule has 0 aliphatic rings. The van der Waals surface area contributed by atoms with E-state index in [1.54, 1.807) is 56.3 Å². The van der Waals surface area contributed by atoms with Gasteiger partial charge in [0.1, 0.15) is 11.6 Å². The van der Waals surface area contributed by atoms with Gasteiger partial charge in [-0.15, -0.1) is 0 Å². The summed E-state index contributed by atoms with van der Waals surface area (Å²) in [5, 5.41) is 9.83. The molecule has 0 fully saturated rings. The lowest BCUT2D eigenvalue weighted by Crippen LogP contribution is -2.30. The molecule has 5 aromatic rings. The molecule has 0 amide bonds. The number of alkyl halides is 3. The van der Waals surface area contributed by atoms with Crippen LogP contribution in [0.1, 0.15) is 36.5 Å². The van der Waals surface area contributed by atoms with Gasteiger partial charge in [-0.25, -0.2) is 12.8 Å². The normalized spacial score (nSPS) is 12.6. The number of halogens is 4. The smallest absolute Gasteiger partial charge is 0.449 e. The summed E-state index contributed by atoms with van der Waals surface area (Å²) in [4.78, 5) is 11.5. The number of carbonyl (C=O) groups is 1. The number of benzene rings is 4. The van der Waals surface area contributed by atoms with Gasteiger partial charge in [-0.2, -0.15) is 17.5 Å². The number of nitrogens with zero attached hydrogens (tertiary/aromatic N) is 1. The van der Waals surface area contributed by atoms with E-state index in [0.717, 1.165) is 27.6 Å². The Balaban J connectivity index is 1.51. The zero-order valence-corrected chi connectivity index (χ0v) is 24.4. The van der Waals surface area contributed by atoms with Gasteiger partial charge >= 0.3 is 12.1 Å². The molecule has 1 N–H and O–H groups in total. The van der Waals surface area contributed by atoms with E-state index in [1.165, 1.54) is 36.4 Å². The number of carboxylic acid groups (broad SMARTS) is 1. The first-order chi connectivity index (χ1) is 20.7. The Bertz CT molecular complexity index is 1950. The minimum absolute atomic E-state index is 0.0866. The molecule has 0 unspecified atom stereocenters. The van der Waals surface area contributed by atoms with Crippen LogP contribution < -0.4 is 0 Å². The summed E-state index contributed by atoms with van der Waals surface area (Å²) in [5.41, 5.74) is 1.51. The second-order valence-electron chi connectivity index (χ2n) is 10.8. The third-order valence-electron chi connectivity index (χ3n) is 7.49. The Morgan fingerprint density at radius 1 is 0.818 bits per heavy atom. The molecular weight excluding hydrogens is 598 g/mol. The lowest BCUT2D eigenvalue weighted by atomic mass is 9.83. The Morgan fingerprint density at radius 3 is 2.14 bits per heavy atom. The minimum Gasteiger partial charge on any atom is -0.481 e. The molecule has 11 heteroatoms. The molecular formula is C33H27F4NO5S. The van der Waals surface area contributed by atoms with Gasteiger partial charge in [0.2, 0.25) is 15.8 Å². The van der Waals surface area contributed by atoms with Crippen molar-refractivity contribution in [3.05, 3.63) is 126 Å². The third-order valence-corrected chi connectivity index (χ3v) is 9.33. The van der Waals surface area contributed by atoms with Crippen LogP contribution in [-0.4, -0.2) is 23.8 Å². The highest BCUT2D eigenvalue weighted by Gasteiger charge is 2.36. The Labute approximate surface area is 251 Å². The monoisotopic (exact) mass is 625 g/mol. The molecule has 6 nitrogen and oxygen atoms in total. The van der Waals surface area contributed by atoms with Crippen LogP contribution in [0.25, 0.3) is 21.9 Å². The standard InChI is InChI=1S/C33H27F4NO5S/c1-32(2,31(39)40)24-7-3-6-23(18-24)22-14-12-21(13-15-22)19-38(20-25-16-17-30(43-25)33(35,36)37)44(41,42)29-11-5-8-26-27(29)9-4-10-28(26)34/h3-18H,19-20H2,1-2H3,(H,39,40). The van der Waals surface area contributed by atoms with Crippen LogP contribution in [0.5, 0.6) is 0 Å².